The number of alkyl halides is 3. The van der Waals surface area contributed by atoms with Crippen LogP contribution in [-0.4, -0.2) is 53.4 Å². The fraction of sp³-hybridized carbons (Fsp3) is 0.471. The van der Waals surface area contributed by atoms with Crippen LogP contribution in [0.1, 0.15) is 24.8 Å². The van der Waals surface area contributed by atoms with Crippen LogP contribution in [-0.2, 0) is 25.6 Å². The molecule has 1 aromatic rings. The molecule has 0 radical (unpaired) electrons. The fourth-order valence-electron chi connectivity index (χ4n) is 3.25. The Labute approximate surface area is 168 Å². The van der Waals surface area contributed by atoms with Crippen LogP contribution in [0.15, 0.2) is 29.3 Å². The second kappa shape index (κ2) is 7.98. The molecule has 0 saturated carbocycles. The van der Waals surface area contributed by atoms with Crippen molar-refractivity contribution in [2.45, 2.75) is 36.7 Å². The van der Waals surface area contributed by atoms with Crippen molar-refractivity contribution in [3.63, 3.8) is 0 Å². The standard InChI is InChI=1S/C17H17F3N2O5S2/c18-17(19,20)10-3-1-4-11(7-10)22-12-8-29(26,27)9-13(12)28-16(22)21-14(23)5-2-6-15(24)25/h1,3-4,7,12-13H,2,5-6,8-9H2,(H,24,25)/t12-,13-/m0/s1. The number of amidine groups is 1. The van der Waals surface area contributed by atoms with Gasteiger partial charge in [0, 0.05) is 23.8 Å². The van der Waals surface area contributed by atoms with Crippen molar-refractivity contribution in [3.05, 3.63) is 29.8 Å². The Morgan fingerprint density at radius 2 is 1.97 bits per heavy atom. The van der Waals surface area contributed by atoms with Crippen molar-refractivity contribution < 1.29 is 36.3 Å². The van der Waals surface area contributed by atoms with Crippen LogP contribution in [0.2, 0.25) is 0 Å². The van der Waals surface area contributed by atoms with E-state index in [2.05, 4.69) is 4.99 Å². The van der Waals surface area contributed by atoms with Gasteiger partial charge in [0.1, 0.15) is 0 Å². The minimum atomic E-state index is -4.58. The van der Waals surface area contributed by atoms with E-state index >= 15 is 0 Å². The normalized spacial score (nSPS) is 24.7. The maximum atomic E-state index is 13.1. The third-order valence-electron chi connectivity index (χ3n) is 4.52. The molecule has 0 bridgehead atoms. The lowest BCUT2D eigenvalue weighted by molar-refractivity contribution is -0.138. The summed E-state index contributed by atoms with van der Waals surface area (Å²) in [5.74, 6) is -2.04. The lowest BCUT2D eigenvalue weighted by atomic mass is 10.1. The Morgan fingerprint density at radius 1 is 1.24 bits per heavy atom. The van der Waals surface area contributed by atoms with E-state index in [9.17, 15) is 31.2 Å². The van der Waals surface area contributed by atoms with E-state index in [1.54, 1.807) is 0 Å². The van der Waals surface area contributed by atoms with E-state index in [1.807, 2.05) is 0 Å². The van der Waals surface area contributed by atoms with Gasteiger partial charge in [0.2, 0.25) is 5.91 Å². The summed E-state index contributed by atoms with van der Waals surface area (Å²) < 4.78 is 63.3. The van der Waals surface area contributed by atoms with Crippen molar-refractivity contribution in [2.75, 3.05) is 16.4 Å². The summed E-state index contributed by atoms with van der Waals surface area (Å²) in [6, 6.07) is 3.81. The number of hydrogen-bond acceptors (Lipinski definition) is 5. The first-order chi connectivity index (χ1) is 13.5. The van der Waals surface area contributed by atoms with Gasteiger partial charge in [-0.1, -0.05) is 17.8 Å². The van der Waals surface area contributed by atoms with Gasteiger partial charge in [0.15, 0.2) is 15.0 Å². The quantitative estimate of drug-likeness (QED) is 0.735. The van der Waals surface area contributed by atoms with E-state index in [0.29, 0.717) is 0 Å². The van der Waals surface area contributed by atoms with Crippen LogP contribution in [0, 0.1) is 0 Å². The van der Waals surface area contributed by atoms with Gasteiger partial charge in [-0.05, 0) is 24.6 Å². The molecule has 2 aliphatic rings. The monoisotopic (exact) mass is 450 g/mol. The summed E-state index contributed by atoms with van der Waals surface area (Å²) in [7, 11) is -3.35. The Hall–Kier alpha value is -2.08. The molecule has 1 N–H and O–H groups in total. The number of anilines is 1. The number of benzene rings is 1. The van der Waals surface area contributed by atoms with Crippen LogP contribution < -0.4 is 4.90 Å². The molecular formula is C17H17F3N2O5S2. The highest BCUT2D eigenvalue weighted by molar-refractivity contribution is 8.16. The molecule has 0 unspecified atom stereocenters. The van der Waals surface area contributed by atoms with Crippen molar-refractivity contribution in [1.29, 1.82) is 0 Å². The maximum absolute atomic E-state index is 13.1. The first kappa shape index (κ1) is 21.6. The SMILES string of the molecule is O=C(O)CCCC(=O)N=C1S[C@H]2CS(=O)(=O)C[C@@H]2N1c1cccc(C(F)(F)F)c1. The van der Waals surface area contributed by atoms with Crippen molar-refractivity contribution >= 4 is 44.3 Å². The molecule has 0 aliphatic carbocycles. The number of carbonyl (C=O) groups excluding carboxylic acids is 1. The molecular weight excluding hydrogens is 433 g/mol. The number of nitrogens with zero attached hydrogens (tertiary/aromatic N) is 2. The van der Waals surface area contributed by atoms with Gasteiger partial charge in [-0.15, -0.1) is 0 Å². The number of fused-ring (bicyclic) bond motifs is 1. The van der Waals surface area contributed by atoms with Gasteiger partial charge in [0.05, 0.1) is 23.1 Å². The number of amides is 1. The number of hydrogen-bond donors (Lipinski definition) is 1. The highest BCUT2D eigenvalue weighted by Crippen LogP contribution is 2.42. The molecule has 2 heterocycles. The Balaban J connectivity index is 1.91. The number of carboxylic acids is 1. The molecule has 0 spiro atoms. The lowest BCUT2D eigenvalue weighted by Gasteiger charge is -2.25. The first-order valence-corrected chi connectivity index (χ1v) is 11.3. The van der Waals surface area contributed by atoms with E-state index in [-0.39, 0.29) is 41.6 Å². The largest absolute Gasteiger partial charge is 0.481 e. The Kier molecular flexibility index (Phi) is 5.95. The molecule has 1 aromatic carbocycles. The number of aliphatic carboxylic acids is 1. The zero-order chi connectivity index (χ0) is 21.4. The van der Waals surface area contributed by atoms with E-state index < -0.39 is 44.7 Å². The first-order valence-electron chi connectivity index (χ1n) is 8.63. The smallest absolute Gasteiger partial charge is 0.416 e. The lowest BCUT2D eigenvalue weighted by Crippen LogP contribution is -2.37. The topological polar surface area (TPSA) is 104 Å². The number of sulfone groups is 1. The molecule has 3 rings (SSSR count). The average Bonchev–Trinajstić information content (AvgIpc) is 3.04. The van der Waals surface area contributed by atoms with Crippen molar-refractivity contribution in [3.8, 4) is 0 Å². The summed E-state index contributed by atoms with van der Waals surface area (Å²) >= 11 is 1.05. The van der Waals surface area contributed by atoms with E-state index in [1.165, 1.54) is 17.0 Å². The third-order valence-corrected chi connectivity index (χ3v) is 7.73. The molecule has 2 aliphatic heterocycles. The zero-order valence-corrected chi connectivity index (χ0v) is 16.6. The van der Waals surface area contributed by atoms with Gasteiger partial charge in [-0.2, -0.15) is 18.2 Å². The molecule has 7 nitrogen and oxygen atoms in total. The third kappa shape index (κ3) is 5.10. The highest BCUT2D eigenvalue weighted by Gasteiger charge is 2.49. The molecule has 2 saturated heterocycles. The minimum absolute atomic E-state index is 0.0837. The summed E-state index contributed by atoms with van der Waals surface area (Å²) in [6.45, 7) is 0. The predicted molar refractivity (Wildman–Crippen MR) is 102 cm³/mol. The van der Waals surface area contributed by atoms with Gasteiger partial charge < -0.3 is 10.0 Å². The molecule has 29 heavy (non-hydrogen) atoms. The second-order valence-corrected chi connectivity index (χ2v) is 10.1. The molecule has 2 atom stereocenters. The highest BCUT2D eigenvalue weighted by atomic mass is 32.2. The summed E-state index contributed by atoms with van der Waals surface area (Å²) in [5.41, 5.74) is -0.787. The molecule has 2 fully saturated rings. The van der Waals surface area contributed by atoms with Crippen molar-refractivity contribution in [1.82, 2.24) is 0 Å². The van der Waals surface area contributed by atoms with E-state index in [4.69, 9.17) is 5.11 Å². The van der Waals surface area contributed by atoms with Gasteiger partial charge in [0.25, 0.3) is 0 Å². The Morgan fingerprint density at radius 3 is 2.62 bits per heavy atom. The zero-order valence-electron chi connectivity index (χ0n) is 14.9. The average molecular weight is 450 g/mol. The Bertz CT molecular complexity index is 962. The van der Waals surface area contributed by atoms with Gasteiger partial charge in [-0.25, -0.2) is 8.42 Å². The van der Waals surface area contributed by atoms with Crippen LogP contribution >= 0.6 is 11.8 Å². The number of carbonyl (C=O) groups is 2. The fourth-order valence-corrected chi connectivity index (χ4v) is 7.18. The van der Waals surface area contributed by atoms with Crippen LogP contribution in [0.3, 0.4) is 0 Å². The van der Waals surface area contributed by atoms with E-state index in [0.717, 1.165) is 23.9 Å². The number of thioether (sulfide) groups is 1. The molecule has 1 amide bonds. The summed E-state index contributed by atoms with van der Waals surface area (Å²) in [4.78, 5) is 28.0. The van der Waals surface area contributed by atoms with Gasteiger partial charge in [-0.3, -0.25) is 9.59 Å². The summed E-state index contributed by atoms with van der Waals surface area (Å²) in [6.07, 6.45) is -4.82. The van der Waals surface area contributed by atoms with Crippen LogP contribution in [0.4, 0.5) is 18.9 Å². The van der Waals surface area contributed by atoms with Gasteiger partial charge >= 0.3 is 12.1 Å². The number of rotatable bonds is 5. The maximum Gasteiger partial charge on any atom is 0.416 e. The minimum Gasteiger partial charge on any atom is -0.481 e. The number of carboxylic acid groups (broad SMARTS) is 1. The number of aliphatic imine (C=N–C) groups is 1. The predicted octanol–water partition coefficient (Wildman–Crippen LogP) is 2.56. The summed E-state index contributed by atoms with van der Waals surface area (Å²) in [5, 5.41) is 8.33. The van der Waals surface area contributed by atoms with Crippen LogP contribution in [0.25, 0.3) is 0 Å². The molecule has 12 heteroatoms. The molecule has 0 aromatic heterocycles. The van der Waals surface area contributed by atoms with Crippen LogP contribution in [0.5, 0.6) is 0 Å². The molecule has 158 valence electrons. The van der Waals surface area contributed by atoms with Crippen molar-refractivity contribution in [2.24, 2.45) is 4.99 Å². The second-order valence-electron chi connectivity index (χ2n) is 6.75. The number of halogens is 3.